The summed E-state index contributed by atoms with van der Waals surface area (Å²) in [5.74, 6) is 0.766. The number of anilines is 1. The number of hydrogen-bond acceptors (Lipinski definition) is 4. The molecule has 0 saturated heterocycles. The highest BCUT2D eigenvalue weighted by Gasteiger charge is 2.15. The zero-order valence-corrected chi connectivity index (χ0v) is 17.1. The molecule has 0 aliphatic rings. The van der Waals surface area contributed by atoms with E-state index in [0.29, 0.717) is 49.6 Å². The number of fused-ring (bicyclic) bond motifs is 1. The van der Waals surface area contributed by atoms with Crippen LogP contribution in [0.15, 0.2) is 59.0 Å². The van der Waals surface area contributed by atoms with Crippen molar-refractivity contribution in [2.24, 2.45) is 0 Å². The standard InChI is InChI=1S/C22H16Cl2N2O3/c1-12-6-7-14(22-26-19-11-15(23)10-17(24)20(19)29-22)9-18(12)25-21(27)13-4-3-5-16(8-13)28-2/h3-11H,1-2H3,(H,25,27). The maximum atomic E-state index is 12.7. The van der Waals surface area contributed by atoms with Gasteiger partial charge < -0.3 is 14.5 Å². The van der Waals surface area contributed by atoms with Crippen LogP contribution in [0.5, 0.6) is 5.75 Å². The van der Waals surface area contributed by atoms with Crippen LogP contribution in [0.4, 0.5) is 5.69 Å². The predicted molar refractivity (Wildman–Crippen MR) is 115 cm³/mol. The van der Waals surface area contributed by atoms with E-state index < -0.39 is 0 Å². The van der Waals surface area contributed by atoms with Crippen LogP contribution < -0.4 is 10.1 Å². The van der Waals surface area contributed by atoms with Gasteiger partial charge in [-0.05, 0) is 55.0 Å². The third-order valence-corrected chi connectivity index (χ3v) is 4.97. The molecular weight excluding hydrogens is 411 g/mol. The molecule has 0 aliphatic heterocycles. The van der Waals surface area contributed by atoms with Crippen LogP contribution in [0, 0.1) is 6.92 Å². The number of halogens is 2. The highest BCUT2D eigenvalue weighted by atomic mass is 35.5. The molecule has 0 spiro atoms. The van der Waals surface area contributed by atoms with Crippen LogP contribution in [0.3, 0.4) is 0 Å². The fourth-order valence-corrected chi connectivity index (χ4v) is 3.45. The predicted octanol–water partition coefficient (Wildman–Crippen LogP) is 6.37. The number of ether oxygens (including phenoxy) is 1. The highest BCUT2D eigenvalue weighted by molar-refractivity contribution is 6.38. The molecule has 0 saturated carbocycles. The molecule has 0 radical (unpaired) electrons. The summed E-state index contributed by atoms with van der Waals surface area (Å²) in [6, 6.07) is 15.8. The minimum atomic E-state index is -0.239. The first-order valence-corrected chi connectivity index (χ1v) is 9.52. The lowest BCUT2D eigenvalue weighted by atomic mass is 10.1. The molecule has 4 rings (SSSR count). The maximum Gasteiger partial charge on any atom is 0.255 e. The number of benzene rings is 3. The second kappa shape index (κ2) is 7.78. The molecule has 0 atom stereocenters. The number of carbonyl (C=O) groups excluding carboxylic acids is 1. The van der Waals surface area contributed by atoms with Crippen LogP contribution in [0.1, 0.15) is 15.9 Å². The molecule has 1 amide bonds. The van der Waals surface area contributed by atoms with Gasteiger partial charge >= 0.3 is 0 Å². The Bertz CT molecular complexity index is 1230. The topological polar surface area (TPSA) is 64.4 Å². The second-order valence-electron chi connectivity index (χ2n) is 6.47. The van der Waals surface area contributed by atoms with Gasteiger partial charge in [0.15, 0.2) is 5.58 Å². The molecule has 0 fully saturated rings. The van der Waals surface area contributed by atoms with Crippen molar-refractivity contribution in [3.63, 3.8) is 0 Å². The van der Waals surface area contributed by atoms with E-state index in [1.165, 1.54) is 0 Å². The van der Waals surface area contributed by atoms with Crippen LogP contribution in [0.2, 0.25) is 10.0 Å². The lowest BCUT2D eigenvalue weighted by Crippen LogP contribution is -2.12. The van der Waals surface area contributed by atoms with Gasteiger partial charge in [0.05, 0.1) is 12.1 Å². The summed E-state index contributed by atoms with van der Waals surface area (Å²) in [5, 5.41) is 3.81. The van der Waals surface area contributed by atoms with Crippen molar-refractivity contribution in [2.45, 2.75) is 6.92 Å². The molecule has 5 nitrogen and oxygen atoms in total. The zero-order chi connectivity index (χ0) is 20.5. The van der Waals surface area contributed by atoms with Crippen molar-refractivity contribution < 1.29 is 13.9 Å². The quantitative estimate of drug-likeness (QED) is 0.411. The van der Waals surface area contributed by atoms with Gasteiger partial charge in [0.25, 0.3) is 5.91 Å². The van der Waals surface area contributed by atoms with Gasteiger partial charge in [-0.2, -0.15) is 0 Å². The molecule has 7 heteroatoms. The van der Waals surface area contributed by atoms with E-state index in [2.05, 4.69) is 10.3 Å². The monoisotopic (exact) mass is 426 g/mol. The Morgan fingerprint density at radius 3 is 2.72 bits per heavy atom. The molecule has 146 valence electrons. The van der Waals surface area contributed by atoms with Gasteiger partial charge in [0, 0.05) is 21.8 Å². The Morgan fingerprint density at radius 2 is 1.93 bits per heavy atom. The minimum Gasteiger partial charge on any atom is -0.497 e. The molecule has 29 heavy (non-hydrogen) atoms. The highest BCUT2D eigenvalue weighted by Crippen LogP contribution is 2.33. The summed E-state index contributed by atoms with van der Waals surface area (Å²) < 4.78 is 11.0. The van der Waals surface area contributed by atoms with Crippen molar-refractivity contribution >= 4 is 45.9 Å². The molecule has 1 aromatic heterocycles. The van der Waals surface area contributed by atoms with Crippen molar-refractivity contribution in [2.75, 3.05) is 12.4 Å². The summed E-state index contributed by atoms with van der Waals surface area (Å²) in [7, 11) is 1.56. The van der Waals surface area contributed by atoms with E-state index in [4.69, 9.17) is 32.4 Å². The fraction of sp³-hybridized carbons (Fsp3) is 0.0909. The molecule has 1 N–H and O–H groups in total. The van der Waals surface area contributed by atoms with Gasteiger partial charge in [-0.15, -0.1) is 0 Å². The van der Waals surface area contributed by atoms with E-state index in [9.17, 15) is 4.79 Å². The van der Waals surface area contributed by atoms with Crippen molar-refractivity contribution in [3.8, 4) is 17.2 Å². The number of hydrogen-bond donors (Lipinski definition) is 1. The number of oxazole rings is 1. The third kappa shape index (κ3) is 3.92. The first-order valence-electron chi connectivity index (χ1n) is 8.76. The Hall–Kier alpha value is -3.02. The average molecular weight is 427 g/mol. The Labute approximate surface area is 177 Å². The van der Waals surface area contributed by atoms with Gasteiger partial charge in [-0.3, -0.25) is 4.79 Å². The Morgan fingerprint density at radius 1 is 1.10 bits per heavy atom. The number of carbonyl (C=O) groups is 1. The summed E-state index contributed by atoms with van der Waals surface area (Å²) >= 11 is 12.2. The van der Waals surface area contributed by atoms with Crippen molar-refractivity contribution in [1.29, 1.82) is 0 Å². The molecule has 0 bridgehead atoms. The molecule has 4 aromatic rings. The number of rotatable bonds is 4. The van der Waals surface area contributed by atoms with E-state index in [1.54, 1.807) is 43.5 Å². The summed E-state index contributed by atoms with van der Waals surface area (Å²) in [6.45, 7) is 1.91. The first kappa shape index (κ1) is 19.3. The molecular formula is C22H16Cl2N2O3. The normalized spacial score (nSPS) is 10.9. The van der Waals surface area contributed by atoms with Crippen LogP contribution in [-0.4, -0.2) is 18.0 Å². The summed E-state index contributed by atoms with van der Waals surface area (Å²) in [5.41, 5.74) is 3.80. The minimum absolute atomic E-state index is 0.239. The maximum absolute atomic E-state index is 12.7. The van der Waals surface area contributed by atoms with E-state index >= 15 is 0 Å². The molecule has 0 aliphatic carbocycles. The number of aryl methyl sites for hydroxylation is 1. The smallest absolute Gasteiger partial charge is 0.255 e. The Balaban J connectivity index is 1.67. The average Bonchev–Trinajstić information content (AvgIpc) is 3.14. The van der Waals surface area contributed by atoms with Crippen molar-refractivity contribution in [3.05, 3.63) is 75.8 Å². The Kier molecular flexibility index (Phi) is 5.18. The number of aromatic nitrogens is 1. The van der Waals surface area contributed by atoms with Gasteiger partial charge in [-0.1, -0.05) is 35.3 Å². The lowest BCUT2D eigenvalue weighted by molar-refractivity contribution is 0.102. The van der Waals surface area contributed by atoms with Crippen molar-refractivity contribution in [1.82, 2.24) is 4.98 Å². The molecule has 3 aromatic carbocycles. The van der Waals surface area contributed by atoms with E-state index in [0.717, 1.165) is 5.56 Å². The second-order valence-corrected chi connectivity index (χ2v) is 7.31. The SMILES string of the molecule is COc1cccc(C(=O)Nc2cc(-c3nc4cc(Cl)cc(Cl)c4o3)ccc2C)c1. The van der Waals surface area contributed by atoms with Crippen LogP contribution >= 0.6 is 23.2 Å². The number of methoxy groups -OCH3 is 1. The lowest BCUT2D eigenvalue weighted by Gasteiger charge is -2.10. The first-order chi connectivity index (χ1) is 13.9. The van der Waals surface area contributed by atoms with Crippen LogP contribution in [0.25, 0.3) is 22.6 Å². The van der Waals surface area contributed by atoms with E-state index in [1.807, 2.05) is 25.1 Å². The number of nitrogens with one attached hydrogen (secondary N) is 1. The third-order valence-electron chi connectivity index (χ3n) is 4.47. The summed E-state index contributed by atoms with van der Waals surface area (Å²) in [4.78, 5) is 17.1. The van der Waals surface area contributed by atoms with Gasteiger partial charge in [0.2, 0.25) is 5.89 Å². The number of amides is 1. The number of nitrogens with zero attached hydrogens (tertiary/aromatic N) is 1. The molecule has 1 heterocycles. The summed E-state index contributed by atoms with van der Waals surface area (Å²) in [6.07, 6.45) is 0. The zero-order valence-electron chi connectivity index (χ0n) is 15.6. The van der Waals surface area contributed by atoms with E-state index in [-0.39, 0.29) is 5.91 Å². The van der Waals surface area contributed by atoms with Gasteiger partial charge in [0.1, 0.15) is 11.3 Å². The largest absolute Gasteiger partial charge is 0.497 e. The molecule has 0 unspecified atom stereocenters. The van der Waals surface area contributed by atoms with Crippen LogP contribution in [-0.2, 0) is 0 Å². The fourth-order valence-electron chi connectivity index (χ4n) is 2.93. The van der Waals surface area contributed by atoms with Gasteiger partial charge in [-0.25, -0.2) is 4.98 Å².